The SMILES string of the molecule is CCc1cc(SCC(=O)O)n(-c2ccccc2[N+](=O)[O-])n1. The average molecular weight is 307 g/mol. The average Bonchev–Trinajstić information content (AvgIpc) is 2.88. The number of para-hydroxylation sites is 2. The van der Waals surface area contributed by atoms with E-state index in [4.69, 9.17) is 5.11 Å². The molecule has 8 heteroatoms. The molecule has 1 N–H and O–H groups in total. The largest absolute Gasteiger partial charge is 0.481 e. The molecule has 0 aliphatic heterocycles. The second kappa shape index (κ2) is 6.40. The molecule has 0 fully saturated rings. The lowest BCUT2D eigenvalue weighted by Gasteiger charge is -2.06. The van der Waals surface area contributed by atoms with Gasteiger partial charge in [-0.3, -0.25) is 14.9 Å². The predicted molar refractivity (Wildman–Crippen MR) is 78.0 cm³/mol. The number of nitro groups is 1. The number of rotatable bonds is 6. The topological polar surface area (TPSA) is 98.3 Å². The fourth-order valence-corrected chi connectivity index (χ4v) is 2.54. The number of aromatic nitrogens is 2. The Balaban J connectivity index is 2.49. The molecule has 0 atom stereocenters. The van der Waals surface area contributed by atoms with Gasteiger partial charge in [-0.05, 0) is 18.6 Å². The van der Waals surface area contributed by atoms with E-state index in [1.165, 1.54) is 10.7 Å². The quantitative estimate of drug-likeness (QED) is 0.500. The van der Waals surface area contributed by atoms with Crippen LogP contribution in [0, 0.1) is 10.1 Å². The zero-order chi connectivity index (χ0) is 15.4. The van der Waals surface area contributed by atoms with E-state index in [0.29, 0.717) is 17.1 Å². The van der Waals surface area contributed by atoms with Crippen molar-refractivity contribution < 1.29 is 14.8 Å². The summed E-state index contributed by atoms with van der Waals surface area (Å²) in [4.78, 5) is 21.3. The van der Waals surface area contributed by atoms with Gasteiger partial charge in [-0.15, -0.1) is 0 Å². The van der Waals surface area contributed by atoms with Gasteiger partial charge < -0.3 is 5.11 Å². The number of thioether (sulfide) groups is 1. The maximum atomic E-state index is 11.1. The van der Waals surface area contributed by atoms with Crippen molar-refractivity contribution in [2.24, 2.45) is 0 Å². The first-order valence-corrected chi connectivity index (χ1v) is 7.18. The van der Waals surface area contributed by atoms with Crippen LogP contribution in [0.4, 0.5) is 5.69 Å². The predicted octanol–water partition coefficient (Wildman–Crippen LogP) is 2.52. The zero-order valence-electron chi connectivity index (χ0n) is 11.2. The van der Waals surface area contributed by atoms with Crippen molar-refractivity contribution >= 4 is 23.4 Å². The summed E-state index contributed by atoms with van der Waals surface area (Å²) in [5, 5.41) is 24.8. The molecule has 0 amide bonds. The number of carbonyl (C=O) groups is 1. The van der Waals surface area contributed by atoms with Crippen LogP contribution in [0.15, 0.2) is 35.4 Å². The Hall–Kier alpha value is -2.35. The summed E-state index contributed by atoms with van der Waals surface area (Å²) in [6.07, 6.45) is 0.661. The molecule has 0 saturated carbocycles. The van der Waals surface area contributed by atoms with Crippen molar-refractivity contribution in [1.29, 1.82) is 0 Å². The molecule has 0 spiro atoms. The highest BCUT2D eigenvalue weighted by Crippen LogP contribution is 2.28. The number of benzene rings is 1. The molecular weight excluding hydrogens is 294 g/mol. The molecule has 21 heavy (non-hydrogen) atoms. The van der Waals surface area contributed by atoms with E-state index in [9.17, 15) is 14.9 Å². The molecule has 1 aromatic heterocycles. The summed E-state index contributed by atoms with van der Waals surface area (Å²) in [6.45, 7) is 1.91. The molecule has 0 bridgehead atoms. The molecule has 1 aromatic carbocycles. The number of hydrogen-bond acceptors (Lipinski definition) is 5. The highest BCUT2D eigenvalue weighted by atomic mass is 32.2. The van der Waals surface area contributed by atoms with E-state index in [1.54, 1.807) is 24.3 Å². The van der Waals surface area contributed by atoms with E-state index >= 15 is 0 Å². The number of nitro benzene ring substituents is 1. The van der Waals surface area contributed by atoms with Gasteiger partial charge in [-0.25, -0.2) is 4.68 Å². The number of aliphatic carboxylic acids is 1. The minimum Gasteiger partial charge on any atom is -0.481 e. The van der Waals surface area contributed by atoms with Crippen LogP contribution in [0.3, 0.4) is 0 Å². The third kappa shape index (κ3) is 3.40. The molecule has 7 nitrogen and oxygen atoms in total. The molecule has 2 aromatic rings. The fraction of sp³-hybridized carbons (Fsp3) is 0.231. The Morgan fingerprint density at radius 2 is 2.19 bits per heavy atom. The summed E-state index contributed by atoms with van der Waals surface area (Å²) in [5.74, 6) is -1.08. The third-order valence-electron chi connectivity index (χ3n) is 2.74. The summed E-state index contributed by atoms with van der Waals surface area (Å²) in [7, 11) is 0. The second-order valence-electron chi connectivity index (χ2n) is 4.17. The van der Waals surface area contributed by atoms with Gasteiger partial charge in [0.05, 0.1) is 16.4 Å². The van der Waals surface area contributed by atoms with Gasteiger partial charge in [-0.2, -0.15) is 5.10 Å². The van der Waals surface area contributed by atoms with E-state index in [1.807, 2.05) is 6.92 Å². The molecule has 0 unspecified atom stereocenters. The van der Waals surface area contributed by atoms with Crippen molar-refractivity contribution in [1.82, 2.24) is 9.78 Å². The Morgan fingerprint density at radius 1 is 1.48 bits per heavy atom. The lowest BCUT2D eigenvalue weighted by molar-refractivity contribution is -0.384. The molecule has 0 aliphatic carbocycles. The van der Waals surface area contributed by atoms with Crippen LogP contribution in [-0.4, -0.2) is 31.5 Å². The van der Waals surface area contributed by atoms with Crippen LogP contribution in [0.25, 0.3) is 5.69 Å². The first-order chi connectivity index (χ1) is 10.0. The Bertz CT molecular complexity index is 684. The van der Waals surface area contributed by atoms with E-state index in [-0.39, 0.29) is 11.4 Å². The normalized spacial score (nSPS) is 10.5. The number of carboxylic acid groups (broad SMARTS) is 1. The third-order valence-corrected chi connectivity index (χ3v) is 3.72. The summed E-state index contributed by atoms with van der Waals surface area (Å²) >= 11 is 1.08. The number of nitrogens with zero attached hydrogens (tertiary/aromatic N) is 3. The van der Waals surface area contributed by atoms with Crippen LogP contribution >= 0.6 is 11.8 Å². The zero-order valence-corrected chi connectivity index (χ0v) is 12.0. The molecule has 0 radical (unpaired) electrons. The van der Waals surface area contributed by atoms with Crippen LogP contribution < -0.4 is 0 Å². The first-order valence-electron chi connectivity index (χ1n) is 6.20. The lowest BCUT2D eigenvalue weighted by atomic mass is 10.3. The van der Waals surface area contributed by atoms with E-state index in [0.717, 1.165) is 17.5 Å². The van der Waals surface area contributed by atoms with Crippen LogP contribution in [0.5, 0.6) is 0 Å². The van der Waals surface area contributed by atoms with Crippen molar-refractivity contribution in [3.05, 3.63) is 46.1 Å². The van der Waals surface area contributed by atoms with Crippen molar-refractivity contribution in [3.63, 3.8) is 0 Å². The van der Waals surface area contributed by atoms with Crippen LogP contribution in [0.1, 0.15) is 12.6 Å². The van der Waals surface area contributed by atoms with Crippen molar-refractivity contribution in [2.75, 3.05) is 5.75 Å². The molecular formula is C13H13N3O4S. The summed E-state index contributed by atoms with van der Waals surface area (Å²) in [5.41, 5.74) is 1.01. The minimum absolute atomic E-state index is 0.0690. The molecule has 0 aliphatic rings. The van der Waals surface area contributed by atoms with E-state index < -0.39 is 10.9 Å². The minimum atomic E-state index is -0.951. The lowest BCUT2D eigenvalue weighted by Crippen LogP contribution is -2.05. The highest BCUT2D eigenvalue weighted by molar-refractivity contribution is 7.99. The molecule has 2 rings (SSSR count). The Morgan fingerprint density at radius 3 is 2.81 bits per heavy atom. The van der Waals surface area contributed by atoms with Gasteiger partial charge in [0, 0.05) is 6.07 Å². The Kier molecular flexibility index (Phi) is 4.59. The molecule has 0 saturated heterocycles. The van der Waals surface area contributed by atoms with Crippen molar-refractivity contribution in [2.45, 2.75) is 18.4 Å². The van der Waals surface area contributed by atoms with Gasteiger partial charge in [-0.1, -0.05) is 30.8 Å². The molecule has 1 heterocycles. The number of carboxylic acids is 1. The monoisotopic (exact) mass is 307 g/mol. The van der Waals surface area contributed by atoms with Crippen LogP contribution in [-0.2, 0) is 11.2 Å². The number of aryl methyl sites for hydroxylation is 1. The standard InChI is InChI=1S/C13H13N3O4S/c1-2-9-7-12(21-8-13(17)18)15(14-9)10-5-3-4-6-11(10)16(19)20/h3-7H,2,8H2,1H3,(H,17,18). The fourth-order valence-electron chi connectivity index (χ4n) is 1.79. The van der Waals surface area contributed by atoms with E-state index in [2.05, 4.69) is 5.10 Å². The highest BCUT2D eigenvalue weighted by Gasteiger charge is 2.19. The maximum Gasteiger partial charge on any atom is 0.313 e. The summed E-state index contributed by atoms with van der Waals surface area (Å²) in [6, 6.07) is 8.01. The smallest absolute Gasteiger partial charge is 0.313 e. The maximum absolute atomic E-state index is 11.1. The van der Waals surface area contributed by atoms with Gasteiger partial charge in [0.2, 0.25) is 0 Å². The number of hydrogen-bond donors (Lipinski definition) is 1. The molecule has 110 valence electrons. The van der Waals surface area contributed by atoms with Gasteiger partial charge >= 0.3 is 5.97 Å². The van der Waals surface area contributed by atoms with Crippen LogP contribution in [0.2, 0.25) is 0 Å². The van der Waals surface area contributed by atoms with Gasteiger partial charge in [0.25, 0.3) is 5.69 Å². The summed E-state index contributed by atoms with van der Waals surface area (Å²) < 4.78 is 1.44. The second-order valence-corrected chi connectivity index (χ2v) is 5.16. The van der Waals surface area contributed by atoms with Gasteiger partial charge in [0.15, 0.2) is 0 Å². The van der Waals surface area contributed by atoms with Gasteiger partial charge in [0.1, 0.15) is 10.7 Å². The first kappa shape index (κ1) is 15.0. The Labute approximate surface area is 124 Å². The van der Waals surface area contributed by atoms with Crippen molar-refractivity contribution in [3.8, 4) is 5.69 Å².